The average molecular weight is 247 g/mol. The van der Waals surface area contributed by atoms with E-state index in [9.17, 15) is 14.0 Å². The number of likely N-dealkylation sites (tertiary alicyclic amines) is 1. The van der Waals surface area contributed by atoms with Crippen LogP contribution in [0.1, 0.15) is 27.7 Å². The molecule has 0 aliphatic carbocycles. The lowest BCUT2D eigenvalue weighted by atomic mass is 10.0. The Balaban J connectivity index is 2.82. The highest BCUT2D eigenvalue weighted by Gasteiger charge is 2.47. The number of ether oxygens (including phenoxy) is 1. The van der Waals surface area contributed by atoms with E-state index in [-0.39, 0.29) is 6.54 Å². The molecule has 0 aromatic rings. The molecule has 1 saturated heterocycles. The first-order valence-corrected chi connectivity index (χ1v) is 5.50. The third-order valence-electron chi connectivity index (χ3n) is 2.66. The molecule has 0 aromatic carbocycles. The highest BCUT2D eigenvalue weighted by atomic mass is 19.1. The quantitative estimate of drug-likeness (QED) is 0.765. The maximum atomic E-state index is 13.5. The smallest absolute Gasteiger partial charge is 0.411 e. The normalized spacial score (nSPS) is 29.2. The fourth-order valence-corrected chi connectivity index (χ4v) is 1.82. The molecule has 1 N–H and O–H groups in total. The standard InChI is InChI=1S/C11H18FNO4/c1-6-7(12)5-13(8(6)9(14)15)10(16)17-11(2,3)4/h6-8H,5H2,1-4H3,(H,14,15)/t6-,7-,8-/m0/s1. The summed E-state index contributed by atoms with van der Waals surface area (Å²) >= 11 is 0. The van der Waals surface area contributed by atoms with Crippen LogP contribution in [0.3, 0.4) is 0 Å². The first kappa shape index (κ1) is 13.7. The summed E-state index contributed by atoms with van der Waals surface area (Å²) in [6.07, 6.45) is -2.11. The molecule has 1 aliphatic rings. The van der Waals surface area contributed by atoms with Crippen molar-refractivity contribution in [2.75, 3.05) is 6.54 Å². The van der Waals surface area contributed by atoms with Gasteiger partial charge in [0.25, 0.3) is 0 Å². The Kier molecular flexibility index (Phi) is 3.64. The maximum absolute atomic E-state index is 13.5. The van der Waals surface area contributed by atoms with Crippen molar-refractivity contribution in [3.63, 3.8) is 0 Å². The second-order valence-corrected chi connectivity index (χ2v) is 5.29. The monoisotopic (exact) mass is 247 g/mol. The predicted molar refractivity (Wildman–Crippen MR) is 58.4 cm³/mol. The fraction of sp³-hybridized carbons (Fsp3) is 0.818. The number of carbonyl (C=O) groups excluding carboxylic acids is 1. The molecule has 0 unspecified atom stereocenters. The van der Waals surface area contributed by atoms with Gasteiger partial charge in [-0.2, -0.15) is 0 Å². The molecule has 1 heterocycles. The van der Waals surface area contributed by atoms with Gasteiger partial charge in [-0.25, -0.2) is 14.0 Å². The van der Waals surface area contributed by atoms with Crippen LogP contribution in [0.5, 0.6) is 0 Å². The van der Waals surface area contributed by atoms with E-state index < -0.39 is 35.8 Å². The SMILES string of the molecule is C[C@@H]1[C@@H](C(=O)O)N(C(=O)OC(C)(C)C)C[C@@H]1F. The zero-order valence-electron chi connectivity index (χ0n) is 10.4. The molecule has 0 bridgehead atoms. The molecule has 1 fully saturated rings. The van der Waals surface area contributed by atoms with Gasteiger partial charge in [0.1, 0.15) is 17.8 Å². The Morgan fingerprint density at radius 1 is 1.41 bits per heavy atom. The Morgan fingerprint density at radius 2 is 1.94 bits per heavy atom. The van der Waals surface area contributed by atoms with Crippen molar-refractivity contribution in [2.24, 2.45) is 5.92 Å². The predicted octanol–water partition coefficient (Wildman–Crippen LogP) is 1.66. The molecule has 1 rings (SSSR count). The van der Waals surface area contributed by atoms with Gasteiger partial charge in [0.2, 0.25) is 0 Å². The van der Waals surface area contributed by atoms with Gasteiger partial charge in [-0.05, 0) is 20.8 Å². The number of hydrogen-bond donors (Lipinski definition) is 1. The summed E-state index contributed by atoms with van der Waals surface area (Å²) in [5, 5.41) is 9.00. The van der Waals surface area contributed by atoms with Crippen LogP contribution in [-0.4, -0.2) is 46.4 Å². The van der Waals surface area contributed by atoms with E-state index in [2.05, 4.69) is 0 Å². The number of rotatable bonds is 1. The third-order valence-corrected chi connectivity index (χ3v) is 2.66. The van der Waals surface area contributed by atoms with Crippen LogP contribution in [0.25, 0.3) is 0 Å². The molecule has 1 aliphatic heterocycles. The van der Waals surface area contributed by atoms with Crippen LogP contribution in [0.15, 0.2) is 0 Å². The number of amides is 1. The Hall–Kier alpha value is -1.33. The summed E-state index contributed by atoms with van der Waals surface area (Å²) < 4.78 is 18.5. The number of carbonyl (C=O) groups is 2. The fourth-order valence-electron chi connectivity index (χ4n) is 1.82. The van der Waals surface area contributed by atoms with Gasteiger partial charge < -0.3 is 9.84 Å². The maximum Gasteiger partial charge on any atom is 0.411 e. The van der Waals surface area contributed by atoms with Crippen LogP contribution < -0.4 is 0 Å². The lowest BCUT2D eigenvalue weighted by Gasteiger charge is -2.27. The Bertz CT molecular complexity index is 326. The molecule has 1 amide bonds. The zero-order valence-corrected chi connectivity index (χ0v) is 10.4. The van der Waals surface area contributed by atoms with Crippen LogP contribution in [0.2, 0.25) is 0 Å². The largest absolute Gasteiger partial charge is 0.480 e. The summed E-state index contributed by atoms with van der Waals surface area (Å²) in [5.41, 5.74) is -0.724. The minimum atomic E-state index is -1.33. The minimum absolute atomic E-state index is 0.229. The van der Waals surface area contributed by atoms with E-state index in [1.165, 1.54) is 6.92 Å². The topological polar surface area (TPSA) is 66.8 Å². The number of halogens is 1. The van der Waals surface area contributed by atoms with Gasteiger partial charge in [-0.3, -0.25) is 4.90 Å². The van der Waals surface area contributed by atoms with Crippen LogP contribution in [0.4, 0.5) is 9.18 Å². The molecule has 6 heteroatoms. The molecule has 0 saturated carbocycles. The van der Waals surface area contributed by atoms with Crippen molar-refractivity contribution >= 4 is 12.1 Å². The summed E-state index contributed by atoms with van der Waals surface area (Å²) in [6.45, 7) is 6.27. The molecule has 0 radical (unpaired) electrons. The second-order valence-electron chi connectivity index (χ2n) is 5.29. The molecular weight excluding hydrogens is 229 g/mol. The second kappa shape index (κ2) is 4.50. The first-order chi connectivity index (χ1) is 7.63. The van der Waals surface area contributed by atoms with Gasteiger partial charge in [-0.15, -0.1) is 0 Å². The number of carboxylic acids is 1. The van der Waals surface area contributed by atoms with Gasteiger partial charge >= 0.3 is 12.1 Å². The van der Waals surface area contributed by atoms with Crippen LogP contribution in [0, 0.1) is 5.92 Å². The van der Waals surface area contributed by atoms with Gasteiger partial charge in [-0.1, -0.05) is 6.92 Å². The molecule has 17 heavy (non-hydrogen) atoms. The number of carboxylic acid groups (broad SMARTS) is 1. The minimum Gasteiger partial charge on any atom is -0.480 e. The van der Waals surface area contributed by atoms with Crippen molar-refractivity contribution in [3.05, 3.63) is 0 Å². The average Bonchev–Trinajstić information content (AvgIpc) is 2.40. The summed E-state index contributed by atoms with van der Waals surface area (Å²) in [5.74, 6) is -1.93. The van der Waals surface area contributed by atoms with Crippen molar-refractivity contribution in [1.29, 1.82) is 0 Å². The number of hydrogen-bond acceptors (Lipinski definition) is 3. The van der Waals surface area contributed by atoms with Crippen molar-refractivity contribution in [3.8, 4) is 0 Å². The number of nitrogens with zero attached hydrogens (tertiary/aromatic N) is 1. The van der Waals surface area contributed by atoms with E-state index in [1.807, 2.05) is 0 Å². The van der Waals surface area contributed by atoms with E-state index in [0.29, 0.717) is 0 Å². The zero-order chi connectivity index (χ0) is 13.4. The van der Waals surface area contributed by atoms with Gasteiger partial charge in [0, 0.05) is 5.92 Å². The van der Waals surface area contributed by atoms with Crippen molar-refractivity contribution < 1.29 is 23.8 Å². The van der Waals surface area contributed by atoms with Crippen molar-refractivity contribution in [1.82, 2.24) is 4.90 Å². The number of alkyl halides is 1. The molecular formula is C11H18FNO4. The number of aliphatic carboxylic acids is 1. The summed E-state index contributed by atoms with van der Waals surface area (Å²) in [4.78, 5) is 23.7. The van der Waals surface area contributed by atoms with Gasteiger partial charge in [0.15, 0.2) is 0 Å². The lowest BCUT2D eigenvalue weighted by Crippen LogP contribution is -2.45. The highest BCUT2D eigenvalue weighted by Crippen LogP contribution is 2.28. The summed E-state index contributed by atoms with van der Waals surface area (Å²) in [7, 11) is 0. The molecule has 3 atom stereocenters. The van der Waals surface area contributed by atoms with Crippen LogP contribution >= 0.6 is 0 Å². The van der Waals surface area contributed by atoms with E-state index in [0.717, 1.165) is 4.90 Å². The van der Waals surface area contributed by atoms with E-state index in [1.54, 1.807) is 20.8 Å². The van der Waals surface area contributed by atoms with Crippen LogP contribution in [-0.2, 0) is 9.53 Å². The third kappa shape index (κ3) is 3.08. The molecule has 98 valence electrons. The first-order valence-electron chi connectivity index (χ1n) is 5.50. The summed E-state index contributed by atoms with van der Waals surface area (Å²) in [6, 6.07) is -1.15. The lowest BCUT2D eigenvalue weighted by molar-refractivity contribution is -0.143. The molecule has 5 nitrogen and oxygen atoms in total. The van der Waals surface area contributed by atoms with Crippen molar-refractivity contribution in [2.45, 2.75) is 45.5 Å². The van der Waals surface area contributed by atoms with Gasteiger partial charge in [0.05, 0.1) is 6.54 Å². The Morgan fingerprint density at radius 3 is 2.35 bits per heavy atom. The molecule has 0 spiro atoms. The Labute approximate surface area is 99.5 Å². The molecule has 0 aromatic heterocycles. The van der Waals surface area contributed by atoms with E-state index in [4.69, 9.17) is 9.84 Å². The van der Waals surface area contributed by atoms with E-state index >= 15 is 0 Å². The highest BCUT2D eigenvalue weighted by molar-refractivity contribution is 5.81.